The van der Waals surface area contributed by atoms with Crippen molar-refractivity contribution >= 4 is 22.1 Å². The zero-order chi connectivity index (χ0) is 20.7. The zero-order valence-electron chi connectivity index (χ0n) is 17.1. The molecule has 30 heavy (non-hydrogen) atoms. The summed E-state index contributed by atoms with van der Waals surface area (Å²) in [4.78, 5) is 4.51. The van der Waals surface area contributed by atoms with Crippen LogP contribution in [0.4, 0.5) is 15.8 Å². The molecule has 0 aliphatic carbocycles. The average molecular weight is 398 g/mol. The Kier molecular flexibility index (Phi) is 4.68. The normalized spacial score (nSPS) is 14.6. The maximum atomic E-state index is 14.8. The molecule has 0 saturated heterocycles. The van der Waals surface area contributed by atoms with Crippen LogP contribution in [0, 0.1) is 12.7 Å². The smallest absolute Gasteiger partial charge is 0.133 e. The lowest BCUT2D eigenvalue weighted by molar-refractivity contribution is 0.343. The Labute approximate surface area is 175 Å². The summed E-state index contributed by atoms with van der Waals surface area (Å²) >= 11 is 0. The molecule has 5 rings (SSSR count). The first-order chi connectivity index (χ1) is 14.6. The van der Waals surface area contributed by atoms with Crippen LogP contribution in [0.3, 0.4) is 0 Å². The van der Waals surface area contributed by atoms with Gasteiger partial charge in [-0.05, 0) is 61.3 Å². The summed E-state index contributed by atoms with van der Waals surface area (Å²) in [5, 5.41) is 10.1. The number of rotatable bonds is 2. The number of benzene rings is 3. The van der Waals surface area contributed by atoms with Crippen LogP contribution in [0.5, 0.6) is 0 Å². The predicted octanol–water partition coefficient (Wildman–Crippen LogP) is 5.33. The van der Waals surface area contributed by atoms with E-state index in [4.69, 9.17) is 0 Å². The molecule has 1 aliphatic heterocycles. The number of hydrogen-bond donors (Lipinski definition) is 0. The van der Waals surface area contributed by atoms with E-state index >= 15 is 0 Å². The van der Waals surface area contributed by atoms with Crippen LogP contribution in [0.25, 0.3) is 22.0 Å². The fourth-order valence-corrected chi connectivity index (χ4v) is 4.12. The first kappa shape index (κ1) is 18.7. The van der Waals surface area contributed by atoms with E-state index in [9.17, 15) is 4.39 Å². The highest BCUT2D eigenvalue weighted by Gasteiger charge is 2.21. The molecular weight excluding hydrogens is 375 g/mol. The second kappa shape index (κ2) is 7.50. The Balaban J connectivity index is 1.61. The lowest BCUT2D eigenvalue weighted by Crippen LogP contribution is -2.26. The van der Waals surface area contributed by atoms with Gasteiger partial charge >= 0.3 is 0 Å². The monoisotopic (exact) mass is 398 g/mol. The van der Waals surface area contributed by atoms with E-state index in [0.29, 0.717) is 5.39 Å². The minimum Gasteiger partial charge on any atom is -0.340 e. The number of anilines is 2. The van der Waals surface area contributed by atoms with E-state index < -0.39 is 0 Å². The standard InChI is InChI=1S/C25H23FN4/c1-17-7-9-24(28-27-17)19-8-10-25-20(13-19)16-29(2)11-12-30(25)21-14-18-5-3-4-6-22(18)23(26)15-21/h3-10,13-15H,11-12,16H2,1-2H3. The maximum Gasteiger partial charge on any atom is 0.133 e. The number of fused-ring (bicyclic) bond motifs is 2. The molecule has 0 fully saturated rings. The molecule has 4 nitrogen and oxygen atoms in total. The number of aromatic nitrogens is 2. The lowest BCUT2D eigenvalue weighted by Gasteiger charge is -2.26. The van der Waals surface area contributed by atoms with Crippen molar-refractivity contribution in [2.75, 3.05) is 25.0 Å². The quantitative estimate of drug-likeness (QED) is 0.457. The van der Waals surface area contributed by atoms with Gasteiger partial charge in [0.25, 0.3) is 0 Å². The van der Waals surface area contributed by atoms with Gasteiger partial charge in [0.2, 0.25) is 0 Å². The van der Waals surface area contributed by atoms with Crippen LogP contribution in [0.2, 0.25) is 0 Å². The van der Waals surface area contributed by atoms with Crippen molar-refractivity contribution in [3.63, 3.8) is 0 Å². The Morgan fingerprint density at radius 1 is 0.900 bits per heavy atom. The molecule has 1 aromatic heterocycles. The predicted molar refractivity (Wildman–Crippen MR) is 119 cm³/mol. The highest BCUT2D eigenvalue weighted by Crippen LogP contribution is 2.36. The highest BCUT2D eigenvalue weighted by molar-refractivity contribution is 5.88. The van der Waals surface area contributed by atoms with Crippen molar-refractivity contribution in [1.29, 1.82) is 0 Å². The fraction of sp³-hybridized carbons (Fsp3) is 0.200. The molecule has 0 amide bonds. The first-order valence-electron chi connectivity index (χ1n) is 10.2. The summed E-state index contributed by atoms with van der Waals surface area (Å²) < 4.78 is 14.8. The minimum atomic E-state index is -0.186. The molecule has 0 radical (unpaired) electrons. The number of likely N-dealkylation sites (N-methyl/N-ethyl adjacent to an activating group) is 1. The van der Waals surface area contributed by atoms with Crippen LogP contribution < -0.4 is 4.90 Å². The van der Waals surface area contributed by atoms with Crippen molar-refractivity contribution in [2.24, 2.45) is 0 Å². The molecule has 5 heteroatoms. The van der Waals surface area contributed by atoms with E-state index in [1.54, 1.807) is 6.07 Å². The van der Waals surface area contributed by atoms with E-state index in [0.717, 1.165) is 53.3 Å². The summed E-state index contributed by atoms with van der Waals surface area (Å²) in [6, 6.07) is 21.7. The van der Waals surface area contributed by atoms with E-state index in [1.807, 2.05) is 43.3 Å². The average Bonchev–Trinajstić information content (AvgIpc) is 2.92. The third-order valence-electron chi connectivity index (χ3n) is 5.72. The van der Waals surface area contributed by atoms with Crippen molar-refractivity contribution in [3.8, 4) is 11.3 Å². The number of hydrogen-bond acceptors (Lipinski definition) is 4. The highest BCUT2D eigenvalue weighted by atomic mass is 19.1. The van der Waals surface area contributed by atoms with Gasteiger partial charge in [-0.3, -0.25) is 0 Å². The molecule has 2 heterocycles. The summed E-state index contributed by atoms with van der Waals surface area (Å²) in [7, 11) is 2.12. The van der Waals surface area contributed by atoms with Gasteiger partial charge in [0.1, 0.15) is 5.82 Å². The van der Waals surface area contributed by atoms with Gasteiger partial charge in [0, 0.05) is 42.0 Å². The molecular formula is C25H23FN4. The fourth-order valence-electron chi connectivity index (χ4n) is 4.12. The Morgan fingerprint density at radius 2 is 1.77 bits per heavy atom. The summed E-state index contributed by atoms with van der Waals surface area (Å²) in [6.07, 6.45) is 0. The van der Waals surface area contributed by atoms with Gasteiger partial charge < -0.3 is 9.80 Å². The Bertz CT molecular complexity index is 1220. The Morgan fingerprint density at radius 3 is 2.60 bits per heavy atom. The van der Waals surface area contributed by atoms with Crippen molar-refractivity contribution in [3.05, 3.63) is 83.8 Å². The second-order valence-corrected chi connectivity index (χ2v) is 7.94. The van der Waals surface area contributed by atoms with Crippen LogP contribution in [-0.2, 0) is 6.54 Å². The van der Waals surface area contributed by atoms with Gasteiger partial charge in [0.15, 0.2) is 0 Å². The second-order valence-electron chi connectivity index (χ2n) is 7.94. The minimum absolute atomic E-state index is 0.186. The molecule has 0 saturated carbocycles. The molecule has 4 aromatic rings. The van der Waals surface area contributed by atoms with E-state index in [2.05, 4.69) is 51.3 Å². The topological polar surface area (TPSA) is 32.3 Å². The van der Waals surface area contributed by atoms with Crippen molar-refractivity contribution in [2.45, 2.75) is 13.5 Å². The maximum absolute atomic E-state index is 14.8. The SMILES string of the molecule is Cc1ccc(-c2ccc3c(c2)CN(C)CCN3c2cc(F)c3ccccc3c2)nn1. The third-order valence-corrected chi connectivity index (χ3v) is 5.72. The molecule has 0 unspecified atom stereocenters. The summed E-state index contributed by atoms with van der Waals surface area (Å²) in [5.41, 5.74) is 5.99. The van der Waals surface area contributed by atoms with E-state index in [1.165, 1.54) is 5.56 Å². The van der Waals surface area contributed by atoms with Crippen molar-refractivity contribution in [1.82, 2.24) is 15.1 Å². The molecule has 1 aliphatic rings. The van der Waals surface area contributed by atoms with Gasteiger partial charge in [-0.2, -0.15) is 10.2 Å². The third kappa shape index (κ3) is 3.42. The first-order valence-corrected chi connectivity index (χ1v) is 10.2. The van der Waals surface area contributed by atoms with Gasteiger partial charge in [-0.15, -0.1) is 0 Å². The molecule has 0 spiro atoms. The number of aryl methyl sites for hydroxylation is 1. The molecule has 0 bridgehead atoms. The van der Waals surface area contributed by atoms with Crippen LogP contribution >= 0.6 is 0 Å². The van der Waals surface area contributed by atoms with Crippen LogP contribution in [0.1, 0.15) is 11.3 Å². The summed E-state index contributed by atoms with van der Waals surface area (Å²) in [6.45, 7) is 4.45. The summed E-state index contributed by atoms with van der Waals surface area (Å²) in [5.74, 6) is -0.186. The number of halogens is 1. The zero-order valence-corrected chi connectivity index (χ0v) is 17.1. The van der Waals surface area contributed by atoms with Gasteiger partial charge in [-0.25, -0.2) is 4.39 Å². The number of nitrogens with zero attached hydrogens (tertiary/aromatic N) is 4. The molecule has 0 atom stereocenters. The van der Waals surface area contributed by atoms with Crippen molar-refractivity contribution < 1.29 is 4.39 Å². The largest absolute Gasteiger partial charge is 0.340 e. The van der Waals surface area contributed by atoms with Gasteiger partial charge in [-0.1, -0.05) is 30.3 Å². The molecule has 150 valence electrons. The van der Waals surface area contributed by atoms with Crippen LogP contribution in [0.15, 0.2) is 66.7 Å². The molecule has 3 aromatic carbocycles. The van der Waals surface area contributed by atoms with E-state index in [-0.39, 0.29) is 5.82 Å². The lowest BCUT2D eigenvalue weighted by atomic mass is 10.0. The Hall–Kier alpha value is -3.31. The van der Waals surface area contributed by atoms with Gasteiger partial charge in [0.05, 0.1) is 11.4 Å². The molecule has 0 N–H and O–H groups in total. The van der Waals surface area contributed by atoms with Crippen LogP contribution in [-0.4, -0.2) is 35.2 Å².